The molecule has 0 unspecified atom stereocenters. The number of amides is 4. The maximum absolute atomic E-state index is 13.2. The molecule has 0 aliphatic carbocycles. The van der Waals surface area contributed by atoms with Crippen molar-refractivity contribution in [3.8, 4) is 17.2 Å². The average molecular weight is 628 g/mol. The number of nitrogens with one attached hydrogen (secondary N) is 1. The van der Waals surface area contributed by atoms with Crippen LogP contribution in [0.15, 0.2) is 64.6 Å². The Morgan fingerprint density at radius 2 is 1.68 bits per heavy atom. The maximum Gasteiger partial charge on any atom is 0.335 e. The molecule has 1 N–H and O–H groups in total. The van der Waals surface area contributed by atoms with Gasteiger partial charge in [-0.3, -0.25) is 14.9 Å². The molecular weight excluding hydrogens is 600 g/mol. The molecule has 40 heavy (non-hydrogen) atoms. The number of halogens is 2. The lowest BCUT2D eigenvalue weighted by Crippen LogP contribution is -2.54. The zero-order valence-corrected chi connectivity index (χ0v) is 24.6. The number of benzene rings is 3. The molecule has 0 bridgehead atoms. The Balaban J connectivity index is 1.53. The minimum atomic E-state index is -0.840. The second-order valence-electron chi connectivity index (χ2n) is 8.90. The number of carbonyl (C=O) groups excluding carboxylic acids is 3. The van der Waals surface area contributed by atoms with Crippen molar-refractivity contribution in [3.63, 3.8) is 0 Å². The van der Waals surface area contributed by atoms with Gasteiger partial charge in [0, 0.05) is 5.02 Å². The van der Waals surface area contributed by atoms with E-state index in [-0.39, 0.29) is 17.9 Å². The van der Waals surface area contributed by atoms with Gasteiger partial charge < -0.3 is 14.2 Å². The molecule has 8 nitrogen and oxygen atoms in total. The van der Waals surface area contributed by atoms with E-state index >= 15 is 0 Å². The molecule has 0 radical (unpaired) electrons. The van der Waals surface area contributed by atoms with Gasteiger partial charge in [0.15, 0.2) is 11.5 Å². The van der Waals surface area contributed by atoms with Crippen LogP contribution in [0.25, 0.3) is 6.08 Å². The quantitative estimate of drug-likeness (QED) is 0.157. The van der Waals surface area contributed by atoms with Gasteiger partial charge in [-0.05, 0) is 107 Å². The molecule has 1 saturated heterocycles. The van der Waals surface area contributed by atoms with Gasteiger partial charge in [0.1, 0.15) is 24.5 Å². The Bertz CT molecular complexity index is 1470. The van der Waals surface area contributed by atoms with Gasteiger partial charge >= 0.3 is 6.03 Å². The highest BCUT2D eigenvalue weighted by molar-refractivity contribution is 9.10. The molecule has 0 atom stereocenters. The van der Waals surface area contributed by atoms with E-state index in [0.717, 1.165) is 22.6 Å². The van der Waals surface area contributed by atoms with E-state index in [1.54, 1.807) is 24.3 Å². The van der Waals surface area contributed by atoms with Crippen molar-refractivity contribution in [1.82, 2.24) is 5.32 Å². The summed E-state index contributed by atoms with van der Waals surface area (Å²) >= 11 is 9.45. The molecule has 1 heterocycles. The van der Waals surface area contributed by atoms with Crippen molar-refractivity contribution in [3.05, 3.63) is 86.4 Å². The molecule has 1 aliphatic heterocycles. The third-order valence-electron chi connectivity index (χ3n) is 5.95. The lowest BCUT2D eigenvalue weighted by molar-refractivity contribution is -0.122. The molecule has 1 fully saturated rings. The number of anilines is 1. The summed E-state index contributed by atoms with van der Waals surface area (Å²) in [5.41, 5.74) is 2.90. The second-order valence-corrected chi connectivity index (χ2v) is 10.2. The maximum atomic E-state index is 13.2. The molecule has 10 heteroatoms. The molecule has 0 spiro atoms. The van der Waals surface area contributed by atoms with Crippen LogP contribution in [0.1, 0.15) is 30.5 Å². The number of barbiturate groups is 1. The first-order valence-corrected chi connectivity index (χ1v) is 13.9. The molecule has 4 amide bonds. The summed E-state index contributed by atoms with van der Waals surface area (Å²) in [6.07, 6.45) is 2.32. The Labute approximate surface area is 246 Å². The summed E-state index contributed by atoms with van der Waals surface area (Å²) in [6.45, 7) is 6.90. The third kappa shape index (κ3) is 6.84. The average Bonchev–Trinajstić information content (AvgIpc) is 2.91. The monoisotopic (exact) mass is 626 g/mol. The molecule has 4 rings (SSSR count). The predicted octanol–water partition coefficient (Wildman–Crippen LogP) is 6.50. The number of imide groups is 2. The van der Waals surface area contributed by atoms with Crippen LogP contribution in [0, 0.1) is 6.92 Å². The summed E-state index contributed by atoms with van der Waals surface area (Å²) < 4.78 is 18.2. The molecule has 208 valence electrons. The van der Waals surface area contributed by atoms with Crippen molar-refractivity contribution >= 4 is 57.1 Å². The van der Waals surface area contributed by atoms with Crippen molar-refractivity contribution in [2.75, 3.05) is 24.7 Å². The summed E-state index contributed by atoms with van der Waals surface area (Å²) in [4.78, 5) is 39.2. The van der Waals surface area contributed by atoms with E-state index in [4.69, 9.17) is 25.8 Å². The number of hydrogen-bond acceptors (Lipinski definition) is 6. The fourth-order valence-corrected chi connectivity index (χ4v) is 4.84. The fourth-order valence-electron chi connectivity index (χ4n) is 4.14. The first-order valence-electron chi connectivity index (χ1n) is 12.7. The first kappa shape index (κ1) is 29.2. The lowest BCUT2D eigenvalue weighted by Gasteiger charge is -2.26. The Morgan fingerprint density at radius 1 is 0.950 bits per heavy atom. The Hall–Kier alpha value is -3.82. The number of carbonyl (C=O) groups is 3. The van der Waals surface area contributed by atoms with Gasteiger partial charge in [-0.25, -0.2) is 9.69 Å². The summed E-state index contributed by atoms with van der Waals surface area (Å²) in [6, 6.07) is 14.8. The van der Waals surface area contributed by atoms with Crippen LogP contribution in [0.5, 0.6) is 17.2 Å². The molecular formula is C30H28BrClN2O6. The topological polar surface area (TPSA) is 94.2 Å². The van der Waals surface area contributed by atoms with E-state index in [0.29, 0.717) is 39.8 Å². The van der Waals surface area contributed by atoms with E-state index in [2.05, 4.69) is 34.2 Å². The fraction of sp³-hybridized carbons (Fsp3) is 0.233. The number of hydrogen-bond donors (Lipinski definition) is 1. The highest BCUT2D eigenvalue weighted by atomic mass is 79.9. The van der Waals surface area contributed by atoms with Crippen molar-refractivity contribution in [2.24, 2.45) is 0 Å². The largest absolute Gasteiger partial charge is 0.490 e. The number of aryl methyl sites for hydroxylation is 2. The number of ether oxygens (including phenoxy) is 3. The number of rotatable bonds is 10. The van der Waals surface area contributed by atoms with E-state index in [1.165, 1.54) is 23.8 Å². The van der Waals surface area contributed by atoms with E-state index < -0.39 is 17.8 Å². The zero-order chi connectivity index (χ0) is 28.8. The minimum absolute atomic E-state index is 0.212. The van der Waals surface area contributed by atoms with Crippen LogP contribution < -0.4 is 24.4 Å². The highest BCUT2D eigenvalue weighted by Crippen LogP contribution is 2.38. The van der Waals surface area contributed by atoms with Crippen LogP contribution in [0.4, 0.5) is 10.5 Å². The first-order chi connectivity index (χ1) is 19.2. The van der Waals surface area contributed by atoms with E-state index in [9.17, 15) is 14.4 Å². The van der Waals surface area contributed by atoms with Crippen molar-refractivity contribution < 1.29 is 28.6 Å². The summed E-state index contributed by atoms with van der Waals surface area (Å²) in [7, 11) is 0. The van der Waals surface area contributed by atoms with Crippen LogP contribution in [-0.4, -0.2) is 37.7 Å². The lowest BCUT2D eigenvalue weighted by atomic mass is 10.1. The Kier molecular flexibility index (Phi) is 9.50. The van der Waals surface area contributed by atoms with Gasteiger partial charge in [0.2, 0.25) is 0 Å². The molecule has 0 aromatic heterocycles. The number of nitrogens with zero attached hydrogens (tertiary/aromatic N) is 1. The van der Waals surface area contributed by atoms with Crippen LogP contribution >= 0.6 is 27.5 Å². The molecule has 0 saturated carbocycles. The molecule has 1 aliphatic rings. The second kappa shape index (κ2) is 13.0. The smallest absolute Gasteiger partial charge is 0.335 e. The molecule has 3 aromatic carbocycles. The molecule has 3 aromatic rings. The van der Waals surface area contributed by atoms with Gasteiger partial charge in [-0.1, -0.05) is 24.6 Å². The van der Waals surface area contributed by atoms with Crippen LogP contribution in [-0.2, 0) is 16.0 Å². The normalized spacial score (nSPS) is 14.4. The Morgan fingerprint density at radius 3 is 2.38 bits per heavy atom. The highest BCUT2D eigenvalue weighted by Gasteiger charge is 2.36. The zero-order valence-electron chi connectivity index (χ0n) is 22.3. The third-order valence-corrected chi connectivity index (χ3v) is 6.79. The summed E-state index contributed by atoms with van der Waals surface area (Å²) in [5, 5.41) is 2.66. The van der Waals surface area contributed by atoms with Crippen LogP contribution in [0.3, 0.4) is 0 Å². The SMILES string of the molecule is CCOc1cc(/C=C2/C(=O)NC(=O)N(c3ccc(Cl)cc3)C2=O)cc(Br)c1OCCOc1cc(C)cc(CC)c1. The van der Waals surface area contributed by atoms with Crippen molar-refractivity contribution in [1.29, 1.82) is 0 Å². The van der Waals surface area contributed by atoms with E-state index in [1.807, 2.05) is 26.0 Å². The standard InChI is InChI=1S/C30H28BrClN2O6/c1-4-19-12-18(3)13-23(14-19)39-10-11-40-27-25(31)16-20(17-26(27)38-5-2)15-24-28(35)33-30(37)34(29(24)36)22-8-6-21(32)7-9-22/h6-9,12-17H,4-5,10-11H2,1-3H3,(H,33,35,37)/b24-15-. The summed E-state index contributed by atoms with van der Waals surface area (Å²) in [5.74, 6) is 0.109. The van der Waals surface area contributed by atoms with Crippen molar-refractivity contribution in [2.45, 2.75) is 27.2 Å². The van der Waals surface area contributed by atoms with Gasteiger partial charge in [-0.2, -0.15) is 0 Å². The minimum Gasteiger partial charge on any atom is -0.490 e. The number of urea groups is 1. The van der Waals surface area contributed by atoms with Gasteiger partial charge in [0.25, 0.3) is 11.8 Å². The van der Waals surface area contributed by atoms with Gasteiger partial charge in [0.05, 0.1) is 16.8 Å². The van der Waals surface area contributed by atoms with Crippen LogP contribution in [0.2, 0.25) is 5.02 Å². The predicted molar refractivity (Wildman–Crippen MR) is 157 cm³/mol. The van der Waals surface area contributed by atoms with Gasteiger partial charge in [-0.15, -0.1) is 0 Å².